The molecule has 0 aromatic heterocycles. The normalized spacial score (nSPS) is 20.4. The third-order valence-corrected chi connectivity index (χ3v) is 6.48. The molecule has 1 saturated heterocycles. The maximum atomic E-state index is 9.78. The fourth-order valence-electron chi connectivity index (χ4n) is 2.21. The average molecular weight is 284 g/mol. The Morgan fingerprint density at radius 3 is 2.39 bits per heavy atom. The molecule has 1 heterocycles. The molecule has 4 heteroatoms. The van der Waals surface area contributed by atoms with Gasteiger partial charge in [-0.05, 0) is 42.5 Å². The number of hydrogen-bond donors (Lipinski definition) is 1. The summed E-state index contributed by atoms with van der Waals surface area (Å²) in [6.45, 7) is 1.88. The Bertz CT molecular complexity index is 370. The van der Waals surface area contributed by atoms with Gasteiger partial charge in [0, 0.05) is 6.42 Å². The van der Waals surface area contributed by atoms with Crippen LogP contribution in [-0.2, 0) is 4.08 Å². The Kier molecular flexibility index (Phi) is 4.87. The first-order valence-corrected chi connectivity index (χ1v) is 8.24. The lowest BCUT2D eigenvalue weighted by atomic mass is 10.1. The minimum absolute atomic E-state index is 0.0126. The van der Waals surface area contributed by atoms with E-state index in [9.17, 15) is 5.11 Å². The molecule has 0 amide bonds. The Morgan fingerprint density at radius 1 is 1.28 bits per heavy atom. The second-order valence-electron chi connectivity index (χ2n) is 4.59. The van der Waals surface area contributed by atoms with Crippen molar-refractivity contribution in [1.82, 2.24) is 0 Å². The zero-order valence-electron chi connectivity index (χ0n) is 10.9. The first-order valence-electron chi connectivity index (χ1n) is 6.27. The van der Waals surface area contributed by atoms with Crippen molar-refractivity contribution in [3.05, 3.63) is 29.8 Å². The van der Waals surface area contributed by atoms with Crippen molar-refractivity contribution in [2.75, 3.05) is 18.6 Å². The van der Waals surface area contributed by atoms with Crippen molar-refractivity contribution in [2.24, 2.45) is 0 Å². The molecule has 1 aliphatic rings. The van der Waals surface area contributed by atoms with Gasteiger partial charge >= 0.3 is 0 Å². The molecule has 100 valence electrons. The second kappa shape index (κ2) is 6.22. The fourth-order valence-corrected chi connectivity index (χ4v) is 5.79. The van der Waals surface area contributed by atoms with Gasteiger partial charge in [-0.15, -0.1) is 23.5 Å². The summed E-state index contributed by atoms with van der Waals surface area (Å²) >= 11 is 3.94. The van der Waals surface area contributed by atoms with Crippen LogP contribution in [0.4, 0.5) is 0 Å². The van der Waals surface area contributed by atoms with Crippen LogP contribution in [0, 0.1) is 0 Å². The van der Waals surface area contributed by atoms with Crippen LogP contribution in [0.5, 0.6) is 5.75 Å². The van der Waals surface area contributed by atoms with Crippen LogP contribution in [-0.4, -0.2) is 29.8 Å². The summed E-state index contributed by atoms with van der Waals surface area (Å²) in [6, 6.07) is 8.28. The molecule has 1 unspecified atom stereocenters. The van der Waals surface area contributed by atoms with Crippen molar-refractivity contribution in [3.8, 4) is 5.75 Å². The Morgan fingerprint density at radius 2 is 1.89 bits per heavy atom. The topological polar surface area (TPSA) is 29.5 Å². The van der Waals surface area contributed by atoms with Gasteiger partial charge in [-0.1, -0.05) is 12.1 Å². The highest BCUT2D eigenvalue weighted by Crippen LogP contribution is 2.53. The van der Waals surface area contributed by atoms with Gasteiger partial charge < -0.3 is 9.84 Å². The van der Waals surface area contributed by atoms with Gasteiger partial charge in [0.15, 0.2) is 0 Å². The SMILES string of the molecule is COc1ccc(C2(CC(C)O)SCCCS2)cc1. The van der Waals surface area contributed by atoms with Crippen molar-refractivity contribution in [1.29, 1.82) is 0 Å². The highest BCUT2D eigenvalue weighted by atomic mass is 32.2. The van der Waals surface area contributed by atoms with E-state index in [1.807, 2.05) is 42.6 Å². The molecule has 2 nitrogen and oxygen atoms in total. The number of methoxy groups -OCH3 is 1. The number of ether oxygens (including phenoxy) is 1. The van der Waals surface area contributed by atoms with Gasteiger partial charge in [0.25, 0.3) is 0 Å². The van der Waals surface area contributed by atoms with Crippen LogP contribution in [0.25, 0.3) is 0 Å². The molecular formula is C14H20O2S2. The zero-order valence-corrected chi connectivity index (χ0v) is 12.5. The Hall–Kier alpha value is -0.320. The minimum atomic E-state index is -0.273. The molecule has 0 saturated carbocycles. The first-order chi connectivity index (χ1) is 8.66. The maximum absolute atomic E-state index is 9.78. The number of rotatable bonds is 4. The van der Waals surface area contributed by atoms with Crippen LogP contribution in [0.3, 0.4) is 0 Å². The number of hydrogen-bond acceptors (Lipinski definition) is 4. The van der Waals surface area contributed by atoms with Crippen LogP contribution in [0.15, 0.2) is 24.3 Å². The summed E-state index contributed by atoms with van der Waals surface area (Å²) in [5.74, 6) is 3.23. The lowest BCUT2D eigenvalue weighted by Crippen LogP contribution is -2.27. The monoisotopic (exact) mass is 284 g/mol. The molecule has 2 rings (SSSR count). The van der Waals surface area contributed by atoms with E-state index < -0.39 is 0 Å². The Labute approximate surface area is 117 Å². The first kappa shape index (κ1) is 14.1. The summed E-state index contributed by atoms with van der Waals surface area (Å²) in [7, 11) is 1.69. The molecule has 1 fully saturated rings. The van der Waals surface area contributed by atoms with Crippen LogP contribution >= 0.6 is 23.5 Å². The molecule has 0 bridgehead atoms. The molecule has 0 aliphatic carbocycles. The van der Waals surface area contributed by atoms with Gasteiger partial charge in [-0.25, -0.2) is 0 Å². The molecular weight excluding hydrogens is 264 g/mol. The van der Waals surface area contributed by atoms with E-state index in [2.05, 4.69) is 12.1 Å². The molecule has 18 heavy (non-hydrogen) atoms. The number of thioether (sulfide) groups is 2. The van der Waals surface area contributed by atoms with Gasteiger partial charge in [0.1, 0.15) is 5.75 Å². The van der Waals surface area contributed by atoms with E-state index in [1.54, 1.807) is 7.11 Å². The third-order valence-electron chi connectivity index (χ3n) is 3.05. The molecule has 0 radical (unpaired) electrons. The number of aliphatic hydroxyl groups excluding tert-OH is 1. The second-order valence-corrected chi connectivity index (χ2v) is 7.63. The van der Waals surface area contributed by atoms with E-state index in [0.29, 0.717) is 0 Å². The summed E-state index contributed by atoms with van der Waals surface area (Å²) in [5, 5.41) is 9.78. The molecule has 1 aliphatic heterocycles. The highest BCUT2D eigenvalue weighted by Gasteiger charge is 2.36. The van der Waals surface area contributed by atoms with Crippen LogP contribution in [0.2, 0.25) is 0 Å². The predicted molar refractivity (Wildman–Crippen MR) is 80.5 cm³/mol. The van der Waals surface area contributed by atoms with Crippen molar-refractivity contribution >= 4 is 23.5 Å². The van der Waals surface area contributed by atoms with E-state index in [1.165, 1.54) is 23.5 Å². The van der Waals surface area contributed by atoms with Crippen LogP contribution < -0.4 is 4.74 Å². The molecule has 1 aromatic carbocycles. The quantitative estimate of drug-likeness (QED) is 0.916. The molecule has 1 N–H and O–H groups in total. The molecule has 1 aromatic rings. The molecule has 0 spiro atoms. The van der Waals surface area contributed by atoms with E-state index in [-0.39, 0.29) is 10.2 Å². The highest BCUT2D eigenvalue weighted by molar-refractivity contribution is 8.18. The van der Waals surface area contributed by atoms with Crippen LogP contribution in [0.1, 0.15) is 25.3 Å². The average Bonchev–Trinajstić information content (AvgIpc) is 2.39. The smallest absolute Gasteiger partial charge is 0.118 e. The van der Waals surface area contributed by atoms with Crippen molar-refractivity contribution < 1.29 is 9.84 Å². The van der Waals surface area contributed by atoms with Crippen molar-refractivity contribution in [2.45, 2.75) is 29.9 Å². The minimum Gasteiger partial charge on any atom is -0.497 e. The summed E-state index contributed by atoms with van der Waals surface area (Å²) in [4.78, 5) is 0. The van der Waals surface area contributed by atoms with E-state index in [0.717, 1.165) is 12.2 Å². The lowest BCUT2D eigenvalue weighted by Gasteiger charge is -2.37. The summed E-state index contributed by atoms with van der Waals surface area (Å²) in [5.41, 5.74) is 1.29. The fraction of sp³-hybridized carbons (Fsp3) is 0.571. The van der Waals surface area contributed by atoms with Gasteiger partial charge in [0.05, 0.1) is 17.3 Å². The standard InChI is InChI=1S/C14H20O2S2/c1-11(15)10-14(17-8-3-9-18-14)12-4-6-13(16-2)7-5-12/h4-7,11,15H,3,8-10H2,1-2H3. The van der Waals surface area contributed by atoms with Gasteiger partial charge in [0.2, 0.25) is 0 Å². The van der Waals surface area contributed by atoms with Crippen molar-refractivity contribution in [3.63, 3.8) is 0 Å². The number of aliphatic hydroxyl groups is 1. The maximum Gasteiger partial charge on any atom is 0.118 e. The lowest BCUT2D eigenvalue weighted by molar-refractivity contribution is 0.180. The Balaban J connectivity index is 2.26. The molecule has 1 atom stereocenters. The predicted octanol–water partition coefficient (Wildman–Crippen LogP) is 3.49. The number of benzene rings is 1. The van der Waals surface area contributed by atoms with Gasteiger partial charge in [-0.2, -0.15) is 0 Å². The zero-order chi connectivity index (χ0) is 13.0. The van der Waals surface area contributed by atoms with E-state index >= 15 is 0 Å². The van der Waals surface area contributed by atoms with Gasteiger partial charge in [-0.3, -0.25) is 0 Å². The third kappa shape index (κ3) is 3.16. The summed E-state index contributed by atoms with van der Waals surface area (Å²) in [6.07, 6.45) is 1.78. The summed E-state index contributed by atoms with van der Waals surface area (Å²) < 4.78 is 5.22. The largest absolute Gasteiger partial charge is 0.497 e. The van der Waals surface area contributed by atoms with E-state index in [4.69, 9.17) is 4.74 Å².